The third-order valence-corrected chi connectivity index (χ3v) is 7.29. The molecular formula is C22H17FN2OS2. The molecule has 2 heterocycles. The van der Waals surface area contributed by atoms with Crippen LogP contribution in [0.5, 0.6) is 0 Å². The fourth-order valence-electron chi connectivity index (χ4n) is 3.68. The van der Waals surface area contributed by atoms with E-state index in [1.807, 2.05) is 18.2 Å². The minimum Gasteiger partial charge on any atom is -0.313 e. The second-order valence-corrected chi connectivity index (χ2v) is 8.97. The van der Waals surface area contributed by atoms with Crippen molar-refractivity contribution in [2.45, 2.75) is 25.7 Å². The van der Waals surface area contributed by atoms with E-state index >= 15 is 0 Å². The number of nitrogens with zero attached hydrogens (tertiary/aromatic N) is 1. The highest BCUT2D eigenvalue weighted by Gasteiger charge is 2.25. The molecule has 1 N–H and O–H groups in total. The number of rotatable bonds is 3. The van der Waals surface area contributed by atoms with E-state index < -0.39 is 11.7 Å². The summed E-state index contributed by atoms with van der Waals surface area (Å²) in [5.74, 6) is -0.929. The van der Waals surface area contributed by atoms with Gasteiger partial charge in [0.15, 0.2) is 0 Å². The van der Waals surface area contributed by atoms with Gasteiger partial charge in [-0.05, 0) is 55.5 Å². The van der Waals surface area contributed by atoms with Crippen LogP contribution in [0.1, 0.15) is 33.6 Å². The minimum atomic E-state index is -0.511. The van der Waals surface area contributed by atoms with Gasteiger partial charge in [-0.25, -0.2) is 9.37 Å². The molecule has 0 spiro atoms. The summed E-state index contributed by atoms with van der Waals surface area (Å²) in [4.78, 5) is 18.9. The van der Waals surface area contributed by atoms with Crippen LogP contribution in [-0.2, 0) is 12.8 Å². The normalized spacial score (nSPS) is 13.5. The first-order valence-corrected chi connectivity index (χ1v) is 10.9. The van der Waals surface area contributed by atoms with Crippen molar-refractivity contribution in [2.24, 2.45) is 0 Å². The monoisotopic (exact) mass is 408 g/mol. The Balaban J connectivity index is 1.61. The van der Waals surface area contributed by atoms with E-state index in [2.05, 4.69) is 11.4 Å². The van der Waals surface area contributed by atoms with Crippen molar-refractivity contribution in [2.75, 3.05) is 5.32 Å². The zero-order valence-electron chi connectivity index (χ0n) is 15.0. The smallest absolute Gasteiger partial charge is 0.259 e. The second-order valence-electron chi connectivity index (χ2n) is 6.84. The van der Waals surface area contributed by atoms with Gasteiger partial charge in [-0.15, -0.1) is 22.7 Å². The first-order chi connectivity index (χ1) is 13.7. The summed E-state index contributed by atoms with van der Waals surface area (Å²) < 4.78 is 15.2. The van der Waals surface area contributed by atoms with Gasteiger partial charge in [-0.3, -0.25) is 4.79 Å². The van der Waals surface area contributed by atoms with E-state index in [1.165, 1.54) is 22.6 Å². The van der Waals surface area contributed by atoms with E-state index in [1.54, 1.807) is 34.8 Å². The number of hydrogen-bond acceptors (Lipinski definition) is 4. The highest BCUT2D eigenvalue weighted by molar-refractivity contribution is 7.23. The molecule has 6 heteroatoms. The highest BCUT2D eigenvalue weighted by atomic mass is 32.1. The molecule has 0 saturated carbocycles. The number of thiazole rings is 1. The molecule has 0 atom stereocenters. The summed E-state index contributed by atoms with van der Waals surface area (Å²) in [5, 5.41) is 4.67. The van der Waals surface area contributed by atoms with Crippen molar-refractivity contribution in [1.29, 1.82) is 0 Å². The molecule has 0 fully saturated rings. The van der Waals surface area contributed by atoms with E-state index in [-0.39, 0.29) is 5.56 Å². The van der Waals surface area contributed by atoms with Gasteiger partial charge >= 0.3 is 0 Å². The number of carbonyl (C=O) groups is 1. The van der Waals surface area contributed by atoms with Crippen molar-refractivity contribution in [3.63, 3.8) is 0 Å². The van der Waals surface area contributed by atoms with Gasteiger partial charge in [0.05, 0.1) is 15.8 Å². The fraction of sp³-hybridized carbons (Fsp3) is 0.182. The number of anilines is 1. The molecule has 2 aromatic carbocycles. The maximum Gasteiger partial charge on any atom is 0.259 e. The van der Waals surface area contributed by atoms with Crippen LogP contribution in [0.4, 0.5) is 9.39 Å². The molecule has 1 amide bonds. The zero-order chi connectivity index (χ0) is 19.1. The summed E-state index contributed by atoms with van der Waals surface area (Å²) in [6.07, 6.45) is 4.32. The Bertz CT molecular complexity index is 1160. The number of thiophene rings is 1. The van der Waals surface area contributed by atoms with Gasteiger partial charge in [-0.1, -0.05) is 24.3 Å². The molecule has 2 aromatic heterocycles. The quantitative estimate of drug-likeness (QED) is 0.432. The minimum absolute atomic E-state index is 0.0594. The third kappa shape index (κ3) is 3.02. The molecule has 0 unspecified atom stereocenters. The molecule has 0 bridgehead atoms. The Morgan fingerprint density at radius 3 is 2.64 bits per heavy atom. The van der Waals surface area contributed by atoms with Crippen molar-refractivity contribution < 1.29 is 9.18 Å². The number of benzene rings is 2. The third-order valence-electron chi connectivity index (χ3n) is 5.02. The highest BCUT2D eigenvalue weighted by Crippen LogP contribution is 2.46. The standard InChI is InChI=1S/C22H17FN2OS2/c23-15-9-3-1-7-13(15)20(26)25-22-19(14-8-2-5-11-17(14)27-22)21-24-16-10-4-6-12-18(16)28-21/h1,3-4,6-7,9-10,12H,2,5,8,11H2,(H,25,26). The molecule has 0 saturated heterocycles. The van der Waals surface area contributed by atoms with Gasteiger partial charge in [0.2, 0.25) is 0 Å². The molecule has 140 valence electrons. The van der Waals surface area contributed by atoms with E-state index in [9.17, 15) is 9.18 Å². The van der Waals surface area contributed by atoms with Crippen molar-refractivity contribution >= 4 is 43.8 Å². The molecule has 4 aromatic rings. The number of amides is 1. The number of aryl methyl sites for hydroxylation is 1. The number of fused-ring (bicyclic) bond motifs is 2. The van der Waals surface area contributed by atoms with Crippen molar-refractivity contribution in [3.05, 3.63) is 70.4 Å². The number of carbonyl (C=O) groups excluding carboxylic acids is 1. The Morgan fingerprint density at radius 1 is 1.00 bits per heavy atom. The summed E-state index contributed by atoms with van der Waals surface area (Å²) in [5.41, 5.74) is 3.33. The van der Waals surface area contributed by atoms with Crippen LogP contribution in [-0.4, -0.2) is 10.9 Å². The molecule has 3 nitrogen and oxygen atoms in total. The topological polar surface area (TPSA) is 42.0 Å². The van der Waals surface area contributed by atoms with Gasteiger partial charge in [0.1, 0.15) is 15.8 Å². The van der Waals surface area contributed by atoms with E-state index in [0.29, 0.717) is 0 Å². The molecule has 0 radical (unpaired) electrons. The molecule has 28 heavy (non-hydrogen) atoms. The lowest BCUT2D eigenvalue weighted by Gasteiger charge is -2.11. The van der Waals surface area contributed by atoms with Crippen LogP contribution in [0.2, 0.25) is 0 Å². The number of para-hydroxylation sites is 1. The Morgan fingerprint density at radius 2 is 1.79 bits per heavy atom. The summed E-state index contributed by atoms with van der Waals surface area (Å²) >= 11 is 3.25. The number of aromatic nitrogens is 1. The second kappa shape index (κ2) is 7.11. The number of halogens is 1. The lowest BCUT2D eigenvalue weighted by molar-refractivity contribution is 0.102. The first kappa shape index (κ1) is 17.5. The van der Waals surface area contributed by atoms with E-state index in [0.717, 1.165) is 51.5 Å². The predicted octanol–water partition coefficient (Wildman–Crippen LogP) is 6.30. The van der Waals surface area contributed by atoms with Gasteiger partial charge < -0.3 is 5.32 Å². The summed E-state index contributed by atoms with van der Waals surface area (Å²) in [6.45, 7) is 0. The molecule has 5 rings (SSSR count). The Kier molecular flexibility index (Phi) is 4.45. The maximum atomic E-state index is 14.1. The Hall–Kier alpha value is -2.57. The number of nitrogens with one attached hydrogen (secondary N) is 1. The summed E-state index contributed by atoms with van der Waals surface area (Å²) in [6, 6.07) is 14.1. The van der Waals surface area contributed by atoms with Crippen molar-refractivity contribution in [3.8, 4) is 10.6 Å². The average molecular weight is 409 g/mol. The summed E-state index contributed by atoms with van der Waals surface area (Å²) in [7, 11) is 0. The van der Waals surface area contributed by atoms with Gasteiger partial charge in [0, 0.05) is 10.4 Å². The first-order valence-electron chi connectivity index (χ1n) is 9.27. The number of hydrogen-bond donors (Lipinski definition) is 1. The lowest BCUT2D eigenvalue weighted by Crippen LogP contribution is -2.13. The van der Waals surface area contributed by atoms with Crippen molar-refractivity contribution in [1.82, 2.24) is 4.98 Å². The lowest BCUT2D eigenvalue weighted by atomic mass is 9.95. The zero-order valence-corrected chi connectivity index (χ0v) is 16.6. The van der Waals surface area contributed by atoms with Crippen LogP contribution in [0.15, 0.2) is 48.5 Å². The van der Waals surface area contributed by atoms with Crippen LogP contribution in [0.3, 0.4) is 0 Å². The molecule has 1 aliphatic rings. The van der Waals surface area contributed by atoms with E-state index in [4.69, 9.17) is 4.98 Å². The average Bonchev–Trinajstić information content (AvgIpc) is 3.28. The van der Waals surface area contributed by atoms with Crippen LogP contribution in [0.25, 0.3) is 20.8 Å². The molecule has 0 aliphatic heterocycles. The van der Waals surface area contributed by atoms with Crippen LogP contribution in [0, 0.1) is 5.82 Å². The van der Waals surface area contributed by atoms with Gasteiger partial charge in [0.25, 0.3) is 5.91 Å². The largest absolute Gasteiger partial charge is 0.313 e. The van der Waals surface area contributed by atoms with Gasteiger partial charge in [-0.2, -0.15) is 0 Å². The fourth-order valence-corrected chi connectivity index (χ4v) is 6.07. The van der Waals surface area contributed by atoms with Crippen LogP contribution < -0.4 is 5.32 Å². The molecule has 1 aliphatic carbocycles. The van der Waals surface area contributed by atoms with Crippen LogP contribution >= 0.6 is 22.7 Å². The SMILES string of the molecule is O=C(Nc1sc2c(c1-c1nc3ccccc3s1)CCCC2)c1ccccc1F. The maximum absolute atomic E-state index is 14.1. The predicted molar refractivity (Wildman–Crippen MR) is 114 cm³/mol. The Labute approximate surface area is 169 Å². The molecular weight excluding hydrogens is 391 g/mol.